The van der Waals surface area contributed by atoms with Gasteiger partial charge in [-0.3, -0.25) is 19.6 Å². The highest BCUT2D eigenvalue weighted by Gasteiger charge is 2.17. The van der Waals surface area contributed by atoms with Crippen molar-refractivity contribution in [2.75, 3.05) is 5.32 Å². The SMILES string of the molecule is Cc1cc(C)cc(Oc2cc(NC(=O)c3cnn(C)c3C)cc([N+](=O)[O-])c2)c1. The monoisotopic (exact) mass is 380 g/mol. The number of nitrogens with one attached hydrogen (secondary N) is 1. The Balaban J connectivity index is 1.92. The number of hydrogen-bond acceptors (Lipinski definition) is 5. The summed E-state index contributed by atoms with van der Waals surface area (Å²) >= 11 is 0. The second-order valence-corrected chi connectivity index (χ2v) is 6.62. The van der Waals surface area contributed by atoms with Gasteiger partial charge in [-0.2, -0.15) is 5.10 Å². The van der Waals surface area contributed by atoms with Crippen molar-refractivity contribution in [2.24, 2.45) is 7.05 Å². The zero-order chi connectivity index (χ0) is 20.4. The molecule has 1 amide bonds. The number of anilines is 1. The first kappa shape index (κ1) is 19.1. The van der Waals surface area contributed by atoms with Crippen molar-refractivity contribution in [3.05, 3.63) is 75.1 Å². The Morgan fingerprint density at radius 1 is 1.07 bits per heavy atom. The number of hydrogen-bond donors (Lipinski definition) is 1. The Morgan fingerprint density at radius 2 is 1.71 bits per heavy atom. The van der Waals surface area contributed by atoms with Crippen molar-refractivity contribution in [3.8, 4) is 11.5 Å². The fourth-order valence-electron chi connectivity index (χ4n) is 2.87. The normalized spacial score (nSPS) is 10.6. The van der Waals surface area contributed by atoms with Gasteiger partial charge in [-0.1, -0.05) is 6.07 Å². The highest BCUT2D eigenvalue weighted by atomic mass is 16.6. The number of carbonyl (C=O) groups is 1. The summed E-state index contributed by atoms with van der Waals surface area (Å²) in [6.45, 7) is 5.65. The third kappa shape index (κ3) is 4.17. The molecular weight excluding hydrogens is 360 g/mol. The summed E-state index contributed by atoms with van der Waals surface area (Å²) in [6.07, 6.45) is 1.45. The van der Waals surface area contributed by atoms with E-state index in [1.165, 1.54) is 18.3 Å². The van der Waals surface area contributed by atoms with Crippen molar-refractivity contribution in [3.63, 3.8) is 0 Å². The van der Waals surface area contributed by atoms with Crippen LogP contribution in [-0.4, -0.2) is 20.6 Å². The first-order valence-electron chi connectivity index (χ1n) is 8.58. The summed E-state index contributed by atoms with van der Waals surface area (Å²) < 4.78 is 7.39. The molecular formula is C20H20N4O4. The van der Waals surface area contributed by atoms with E-state index in [1.54, 1.807) is 24.7 Å². The third-order valence-electron chi connectivity index (χ3n) is 4.27. The minimum atomic E-state index is -0.528. The number of carbonyl (C=O) groups excluding carboxylic acids is 1. The average molecular weight is 380 g/mol. The van der Waals surface area contributed by atoms with Crippen molar-refractivity contribution < 1.29 is 14.5 Å². The van der Waals surface area contributed by atoms with Crippen LogP contribution in [0.25, 0.3) is 0 Å². The number of aromatic nitrogens is 2. The van der Waals surface area contributed by atoms with Crippen molar-refractivity contribution in [1.82, 2.24) is 9.78 Å². The second kappa shape index (κ2) is 7.51. The Morgan fingerprint density at radius 3 is 2.29 bits per heavy atom. The number of rotatable bonds is 5. The van der Waals surface area contributed by atoms with E-state index < -0.39 is 10.8 Å². The lowest BCUT2D eigenvalue weighted by Gasteiger charge is -2.10. The molecule has 0 aliphatic heterocycles. The van der Waals surface area contributed by atoms with Gasteiger partial charge in [0, 0.05) is 24.9 Å². The van der Waals surface area contributed by atoms with Crippen molar-refractivity contribution >= 4 is 17.3 Å². The van der Waals surface area contributed by atoms with Gasteiger partial charge in [0.25, 0.3) is 11.6 Å². The molecule has 28 heavy (non-hydrogen) atoms. The van der Waals surface area contributed by atoms with Crippen LogP contribution in [0, 0.1) is 30.9 Å². The van der Waals surface area contributed by atoms with Gasteiger partial charge in [0.05, 0.1) is 28.4 Å². The van der Waals surface area contributed by atoms with Crippen LogP contribution in [0.4, 0.5) is 11.4 Å². The fraction of sp³-hybridized carbons (Fsp3) is 0.200. The highest BCUT2D eigenvalue weighted by molar-refractivity contribution is 6.05. The average Bonchev–Trinajstić information content (AvgIpc) is 2.93. The molecule has 0 bridgehead atoms. The van der Waals surface area contributed by atoms with Gasteiger partial charge in [0.1, 0.15) is 11.5 Å². The van der Waals surface area contributed by atoms with E-state index in [0.717, 1.165) is 11.1 Å². The maximum atomic E-state index is 12.5. The minimum Gasteiger partial charge on any atom is -0.457 e. The van der Waals surface area contributed by atoms with Gasteiger partial charge in [0.2, 0.25) is 0 Å². The molecule has 0 radical (unpaired) electrons. The maximum absolute atomic E-state index is 12.5. The molecule has 8 heteroatoms. The number of nitrogens with zero attached hydrogens (tertiary/aromatic N) is 3. The van der Waals surface area contributed by atoms with Crippen LogP contribution >= 0.6 is 0 Å². The number of benzene rings is 2. The molecule has 2 aromatic carbocycles. The molecule has 3 rings (SSSR count). The predicted molar refractivity (Wildman–Crippen MR) is 105 cm³/mol. The topological polar surface area (TPSA) is 99.3 Å². The zero-order valence-corrected chi connectivity index (χ0v) is 16.0. The quantitative estimate of drug-likeness (QED) is 0.525. The van der Waals surface area contributed by atoms with Gasteiger partial charge in [-0.15, -0.1) is 0 Å². The van der Waals surface area contributed by atoms with E-state index in [-0.39, 0.29) is 17.1 Å². The summed E-state index contributed by atoms with van der Waals surface area (Å²) in [7, 11) is 1.73. The minimum absolute atomic E-state index is 0.180. The molecule has 1 N–H and O–H groups in total. The summed E-state index contributed by atoms with van der Waals surface area (Å²) in [4.78, 5) is 23.3. The highest BCUT2D eigenvalue weighted by Crippen LogP contribution is 2.31. The Hall–Kier alpha value is -3.68. The molecule has 0 saturated carbocycles. The van der Waals surface area contributed by atoms with Gasteiger partial charge in [0.15, 0.2) is 0 Å². The lowest BCUT2D eigenvalue weighted by atomic mass is 10.1. The lowest BCUT2D eigenvalue weighted by molar-refractivity contribution is -0.384. The molecule has 1 heterocycles. The number of nitro benzene ring substituents is 1. The van der Waals surface area contributed by atoms with E-state index in [0.29, 0.717) is 17.0 Å². The number of nitro groups is 1. The smallest absolute Gasteiger partial charge is 0.275 e. The molecule has 3 aromatic rings. The van der Waals surface area contributed by atoms with E-state index in [9.17, 15) is 14.9 Å². The summed E-state index contributed by atoms with van der Waals surface area (Å²) in [5, 5.41) is 18.0. The van der Waals surface area contributed by atoms with Crippen LogP contribution in [0.2, 0.25) is 0 Å². The molecule has 0 unspecified atom stereocenters. The molecule has 0 aliphatic carbocycles. The van der Waals surface area contributed by atoms with Crippen LogP contribution in [0.15, 0.2) is 42.6 Å². The third-order valence-corrected chi connectivity index (χ3v) is 4.27. The van der Waals surface area contributed by atoms with E-state index >= 15 is 0 Å². The standard InChI is InChI=1S/C20H20N4O4/c1-12-5-13(2)7-17(6-12)28-18-9-15(8-16(10-18)24(26)27)22-20(25)19-11-21-23(4)14(19)3/h5-11H,1-4H3,(H,22,25). The van der Waals surface area contributed by atoms with Gasteiger partial charge in [-0.05, 0) is 44.0 Å². The van der Waals surface area contributed by atoms with Crippen LogP contribution in [0.5, 0.6) is 11.5 Å². The molecule has 0 saturated heterocycles. The molecule has 1 aromatic heterocycles. The number of non-ortho nitro benzene ring substituents is 1. The summed E-state index contributed by atoms with van der Waals surface area (Å²) in [5.74, 6) is 0.430. The molecule has 0 fully saturated rings. The van der Waals surface area contributed by atoms with Crippen molar-refractivity contribution in [1.29, 1.82) is 0 Å². The number of ether oxygens (including phenoxy) is 1. The first-order valence-corrected chi connectivity index (χ1v) is 8.58. The van der Waals surface area contributed by atoms with E-state index in [1.807, 2.05) is 32.0 Å². The number of amides is 1. The number of aryl methyl sites for hydroxylation is 3. The fourth-order valence-corrected chi connectivity index (χ4v) is 2.87. The van der Waals surface area contributed by atoms with Crippen LogP contribution in [-0.2, 0) is 7.05 Å². The lowest BCUT2D eigenvalue weighted by Crippen LogP contribution is -2.13. The predicted octanol–water partition coefficient (Wildman–Crippen LogP) is 4.30. The second-order valence-electron chi connectivity index (χ2n) is 6.62. The van der Waals surface area contributed by atoms with Crippen LogP contribution in [0.1, 0.15) is 27.2 Å². The Labute approximate surface area is 161 Å². The molecule has 144 valence electrons. The zero-order valence-electron chi connectivity index (χ0n) is 16.0. The Bertz CT molecular complexity index is 1050. The molecule has 0 aliphatic rings. The van der Waals surface area contributed by atoms with Crippen LogP contribution < -0.4 is 10.1 Å². The van der Waals surface area contributed by atoms with E-state index in [2.05, 4.69) is 10.4 Å². The van der Waals surface area contributed by atoms with E-state index in [4.69, 9.17) is 4.74 Å². The Kier molecular flexibility index (Phi) is 5.12. The summed E-state index contributed by atoms with van der Waals surface area (Å²) in [6, 6.07) is 9.84. The molecule has 0 atom stereocenters. The van der Waals surface area contributed by atoms with Gasteiger partial charge in [-0.25, -0.2) is 0 Å². The van der Waals surface area contributed by atoms with Gasteiger partial charge >= 0.3 is 0 Å². The summed E-state index contributed by atoms with van der Waals surface area (Å²) in [5.41, 5.74) is 3.20. The van der Waals surface area contributed by atoms with Crippen LogP contribution in [0.3, 0.4) is 0 Å². The largest absolute Gasteiger partial charge is 0.457 e. The first-order chi connectivity index (χ1) is 13.2. The maximum Gasteiger partial charge on any atom is 0.275 e. The molecule has 0 spiro atoms. The van der Waals surface area contributed by atoms with Gasteiger partial charge < -0.3 is 10.1 Å². The van der Waals surface area contributed by atoms with Crippen molar-refractivity contribution in [2.45, 2.75) is 20.8 Å². The molecule has 8 nitrogen and oxygen atoms in total.